The molecular formula is C29H35NO5. The molecule has 4 rings (SSSR count). The molecule has 2 aliphatic rings. The van der Waals surface area contributed by atoms with E-state index in [9.17, 15) is 14.7 Å². The van der Waals surface area contributed by atoms with E-state index in [0.29, 0.717) is 25.0 Å². The van der Waals surface area contributed by atoms with Gasteiger partial charge in [0.05, 0.1) is 18.8 Å². The van der Waals surface area contributed by atoms with Crippen molar-refractivity contribution in [2.24, 2.45) is 0 Å². The third kappa shape index (κ3) is 6.73. The Bertz CT molecular complexity index is 1030. The van der Waals surface area contributed by atoms with Gasteiger partial charge >= 0.3 is 11.9 Å². The minimum Gasteiger partial charge on any atom is -0.493 e. The van der Waals surface area contributed by atoms with Gasteiger partial charge in [-0.05, 0) is 75.2 Å². The number of carbonyl (C=O) groups is 2. The van der Waals surface area contributed by atoms with Crippen molar-refractivity contribution in [3.8, 4) is 5.75 Å². The number of hydrogen-bond acceptors (Lipinski definition) is 5. The van der Waals surface area contributed by atoms with Crippen molar-refractivity contribution in [2.75, 3.05) is 26.3 Å². The van der Waals surface area contributed by atoms with E-state index in [1.807, 2.05) is 36.4 Å². The van der Waals surface area contributed by atoms with Crippen LogP contribution in [0.3, 0.4) is 0 Å². The molecule has 0 aromatic heterocycles. The van der Waals surface area contributed by atoms with Crippen LogP contribution in [0.1, 0.15) is 49.7 Å². The molecule has 0 bridgehead atoms. The number of esters is 1. The van der Waals surface area contributed by atoms with E-state index < -0.39 is 11.9 Å². The summed E-state index contributed by atoms with van der Waals surface area (Å²) in [7, 11) is 0. The van der Waals surface area contributed by atoms with Crippen molar-refractivity contribution >= 4 is 11.9 Å². The Labute approximate surface area is 207 Å². The number of rotatable bonds is 11. The van der Waals surface area contributed by atoms with Crippen LogP contribution < -0.4 is 4.74 Å². The fourth-order valence-corrected chi connectivity index (χ4v) is 5.12. The van der Waals surface area contributed by atoms with E-state index in [0.717, 1.165) is 62.9 Å². The first-order valence-electron chi connectivity index (χ1n) is 12.8. The number of nitrogens with zero attached hydrogens (tertiary/aromatic N) is 1. The molecule has 0 spiro atoms. The van der Waals surface area contributed by atoms with Crippen molar-refractivity contribution in [1.82, 2.24) is 4.90 Å². The zero-order valence-electron chi connectivity index (χ0n) is 20.3. The van der Waals surface area contributed by atoms with Crippen LogP contribution in [0.2, 0.25) is 0 Å². The zero-order valence-corrected chi connectivity index (χ0v) is 20.3. The maximum absolute atomic E-state index is 12.8. The normalized spacial score (nSPS) is 18.5. The molecule has 186 valence electrons. The first-order chi connectivity index (χ1) is 17.1. The lowest BCUT2D eigenvalue weighted by atomic mass is 9.86. The third-order valence-corrected chi connectivity index (χ3v) is 6.90. The molecule has 6 nitrogen and oxygen atoms in total. The predicted octanol–water partition coefficient (Wildman–Crippen LogP) is 4.81. The Morgan fingerprint density at radius 1 is 0.914 bits per heavy atom. The van der Waals surface area contributed by atoms with Crippen molar-refractivity contribution in [3.05, 3.63) is 76.9 Å². The van der Waals surface area contributed by atoms with Gasteiger partial charge in [0, 0.05) is 18.0 Å². The largest absolute Gasteiger partial charge is 0.493 e. The molecule has 1 aliphatic carbocycles. The highest BCUT2D eigenvalue weighted by Crippen LogP contribution is 2.32. The number of ether oxygens (including phenoxy) is 2. The van der Waals surface area contributed by atoms with Crippen LogP contribution in [0.5, 0.6) is 5.75 Å². The van der Waals surface area contributed by atoms with E-state index in [4.69, 9.17) is 9.47 Å². The number of aliphatic carboxylic acids is 1. The highest BCUT2D eigenvalue weighted by molar-refractivity contribution is 6.00. The van der Waals surface area contributed by atoms with Crippen LogP contribution in [-0.2, 0) is 27.2 Å². The van der Waals surface area contributed by atoms with E-state index in [1.54, 1.807) is 0 Å². The molecule has 6 heteroatoms. The molecule has 2 aromatic carbocycles. The quantitative estimate of drug-likeness (QED) is 0.370. The van der Waals surface area contributed by atoms with Gasteiger partial charge in [-0.3, -0.25) is 4.90 Å². The summed E-state index contributed by atoms with van der Waals surface area (Å²) >= 11 is 0. The molecule has 1 aliphatic heterocycles. The highest BCUT2D eigenvalue weighted by Gasteiger charge is 2.36. The molecule has 1 unspecified atom stereocenters. The number of likely N-dealkylation sites (tertiary alicyclic amines) is 1. The number of carbonyl (C=O) groups excluding carboxylic acids is 1. The summed E-state index contributed by atoms with van der Waals surface area (Å²) in [6.45, 7) is 2.43. The Hall–Kier alpha value is -3.12. The Morgan fingerprint density at radius 3 is 2.43 bits per heavy atom. The number of para-hydroxylation sites is 1. The highest BCUT2D eigenvalue weighted by atomic mass is 16.5. The zero-order chi connectivity index (χ0) is 24.5. The van der Waals surface area contributed by atoms with Crippen LogP contribution >= 0.6 is 0 Å². The van der Waals surface area contributed by atoms with Gasteiger partial charge in [0.25, 0.3) is 0 Å². The average Bonchev–Trinajstić information content (AvgIpc) is 3.43. The molecule has 2 aromatic rings. The lowest BCUT2D eigenvalue weighted by molar-refractivity contribution is -0.141. The fourth-order valence-electron chi connectivity index (χ4n) is 5.12. The van der Waals surface area contributed by atoms with Gasteiger partial charge < -0.3 is 14.6 Å². The van der Waals surface area contributed by atoms with E-state index in [-0.39, 0.29) is 18.2 Å². The molecule has 1 fully saturated rings. The summed E-state index contributed by atoms with van der Waals surface area (Å²) < 4.78 is 11.5. The molecule has 1 heterocycles. The van der Waals surface area contributed by atoms with Crippen LogP contribution in [0, 0.1) is 0 Å². The van der Waals surface area contributed by atoms with Crippen LogP contribution in [0.15, 0.2) is 65.7 Å². The van der Waals surface area contributed by atoms with Crippen molar-refractivity contribution < 1.29 is 24.2 Å². The van der Waals surface area contributed by atoms with Crippen molar-refractivity contribution in [2.45, 2.75) is 57.4 Å². The minimum atomic E-state index is -0.996. The number of benzene rings is 2. The Kier molecular flexibility index (Phi) is 8.96. The van der Waals surface area contributed by atoms with Gasteiger partial charge in [0.15, 0.2) is 0 Å². The Balaban J connectivity index is 1.27. The lowest BCUT2D eigenvalue weighted by Gasteiger charge is -2.32. The fraction of sp³-hybridized carbons (Fsp3) is 0.448. The molecule has 1 atom stereocenters. The smallest absolute Gasteiger partial charge is 0.334 e. The Morgan fingerprint density at radius 2 is 1.66 bits per heavy atom. The molecular weight excluding hydrogens is 442 g/mol. The summed E-state index contributed by atoms with van der Waals surface area (Å²) in [5.41, 5.74) is 3.03. The molecule has 0 amide bonds. The summed E-state index contributed by atoms with van der Waals surface area (Å²) in [5, 5.41) is 9.85. The SMILES string of the molecule is O=C(O)C1=C(C(=O)OCCCOc2ccccc2CCc2ccccc2)CCCC1N1CCCC1. The summed E-state index contributed by atoms with van der Waals surface area (Å²) in [6.07, 6.45) is 6.61. The third-order valence-electron chi connectivity index (χ3n) is 6.90. The first-order valence-corrected chi connectivity index (χ1v) is 12.8. The first kappa shape index (κ1) is 25.0. The lowest BCUT2D eigenvalue weighted by Crippen LogP contribution is -2.40. The van der Waals surface area contributed by atoms with Crippen LogP contribution in [0.25, 0.3) is 0 Å². The average molecular weight is 478 g/mol. The number of hydrogen-bond donors (Lipinski definition) is 1. The number of carboxylic acids is 1. The maximum Gasteiger partial charge on any atom is 0.334 e. The number of carboxylic acid groups (broad SMARTS) is 1. The molecule has 1 N–H and O–H groups in total. The van der Waals surface area contributed by atoms with Gasteiger partial charge in [-0.25, -0.2) is 9.59 Å². The van der Waals surface area contributed by atoms with Gasteiger partial charge in [-0.1, -0.05) is 48.5 Å². The summed E-state index contributed by atoms with van der Waals surface area (Å²) in [5.74, 6) is -0.634. The van der Waals surface area contributed by atoms with Gasteiger partial charge in [0.1, 0.15) is 5.75 Å². The monoisotopic (exact) mass is 477 g/mol. The number of aryl methyl sites for hydroxylation is 2. The molecule has 0 saturated carbocycles. The van der Waals surface area contributed by atoms with Crippen molar-refractivity contribution in [1.29, 1.82) is 0 Å². The van der Waals surface area contributed by atoms with Gasteiger partial charge in [0.2, 0.25) is 0 Å². The molecule has 0 radical (unpaired) electrons. The van der Waals surface area contributed by atoms with Gasteiger partial charge in [-0.2, -0.15) is 0 Å². The van der Waals surface area contributed by atoms with Crippen LogP contribution in [0.4, 0.5) is 0 Å². The predicted molar refractivity (Wildman–Crippen MR) is 134 cm³/mol. The van der Waals surface area contributed by atoms with Gasteiger partial charge in [-0.15, -0.1) is 0 Å². The van der Waals surface area contributed by atoms with E-state index in [2.05, 4.69) is 23.1 Å². The topological polar surface area (TPSA) is 76.1 Å². The molecule has 35 heavy (non-hydrogen) atoms. The summed E-state index contributed by atoms with van der Waals surface area (Å²) in [6, 6.07) is 18.2. The second kappa shape index (κ2) is 12.5. The van der Waals surface area contributed by atoms with Crippen molar-refractivity contribution in [3.63, 3.8) is 0 Å². The van der Waals surface area contributed by atoms with Crippen LogP contribution in [-0.4, -0.2) is 54.3 Å². The minimum absolute atomic E-state index is 0.179. The standard InChI is InChI=1S/C29H35NO5/c31-28(32)27-24(13-8-14-25(27)30-18-6-7-19-30)29(33)35-21-9-20-34-26-15-5-4-12-23(26)17-16-22-10-2-1-3-11-22/h1-5,10-12,15,25H,6-9,13-14,16-21H2,(H,31,32). The summed E-state index contributed by atoms with van der Waals surface area (Å²) in [4.78, 5) is 27.0. The van der Waals surface area contributed by atoms with E-state index >= 15 is 0 Å². The molecule has 1 saturated heterocycles. The second-order valence-corrected chi connectivity index (χ2v) is 9.28. The maximum atomic E-state index is 12.8. The second-order valence-electron chi connectivity index (χ2n) is 9.28. The van der Waals surface area contributed by atoms with E-state index in [1.165, 1.54) is 5.56 Å².